The molecule has 0 aliphatic rings. The summed E-state index contributed by atoms with van der Waals surface area (Å²) in [5.41, 5.74) is 0.947. The number of nitrogens with one attached hydrogen (secondary N) is 2. The Morgan fingerprint density at radius 2 is 2.00 bits per heavy atom. The fraction of sp³-hybridized carbons (Fsp3) is 0.308. The number of nitrogens with zero attached hydrogens (tertiary/aromatic N) is 4. The maximum atomic E-state index is 6.13. The van der Waals surface area contributed by atoms with Crippen molar-refractivity contribution in [1.82, 2.24) is 25.4 Å². The van der Waals surface area contributed by atoms with Gasteiger partial charge in [0.05, 0.1) is 6.54 Å². The molecule has 2 rings (SSSR count). The third kappa shape index (κ3) is 5.29. The van der Waals surface area contributed by atoms with E-state index in [-0.39, 0.29) is 24.0 Å². The third-order valence-corrected chi connectivity index (χ3v) is 3.49. The molecule has 1 aromatic heterocycles. The molecular weight excluding hydrogens is 438 g/mol. The minimum Gasteiger partial charge on any atom is -0.352 e. The molecule has 1 heterocycles. The van der Waals surface area contributed by atoms with E-state index in [0.29, 0.717) is 29.1 Å². The highest BCUT2D eigenvalue weighted by molar-refractivity contribution is 14.0. The van der Waals surface area contributed by atoms with E-state index >= 15 is 0 Å². The van der Waals surface area contributed by atoms with Gasteiger partial charge in [-0.25, -0.2) is 4.98 Å². The fourth-order valence-electron chi connectivity index (χ4n) is 1.71. The number of aliphatic imine (C=N–C) groups is 1. The van der Waals surface area contributed by atoms with Gasteiger partial charge in [-0.15, -0.1) is 24.0 Å². The predicted molar refractivity (Wildman–Crippen MR) is 99.9 cm³/mol. The maximum absolute atomic E-state index is 6.13. The molecule has 2 N–H and O–H groups in total. The Balaban J connectivity index is 0.00000242. The van der Waals surface area contributed by atoms with Crippen molar-refractivity contribution in [2.24, 2.45) is 12.0 Å². The van der Waals surface area contributed by atoms with E-state index in [1.54, 1.807) is 23.9 Å². The first-order valence-electron chi connectivity index (χ1n) is 6.31. The van der Waals surface area contributed by atoms with E-state index in [1.165, 1.54) is 6.33 Å². The SMILES string of the molecule is CN=C(NCc1ccc(Cl)cc1Cl)NCc1ncnn1C.I. The van der Waals surface area contributed by atoms with Crippen molar-refractivity contribution in [3.05, 3.63) is 46.0 Å². The van der Waals surface area contributed by atoms with Crippen LogP contribution in [0.3, 0.4) is 0 Å². The van der Waals surface area contributed by atoms with E-state index < -0.39 is 0 Å². The summed E-state index contributed by atoms with van der Waals surface area (Å²) >= 11 is 12.0. The molecule has 0 spiro atoms. The topological polar surface area (TPSA) is 67.1 Å². The van der Waals surface area contributed by atoms with Crippen LogP contribution in [0.2, 0.25) is 10.0 Å². The van der Waals surface area contributed by atoms with Crippen LogP contribution in [0.25, 0.3) is 0 Å². The van der Waals surface area contributed by atoms with E-state index in [1.807, 2.05) is 13.1 Å². The number of hydrogen-bond donors (Lipinski definition) is 2. The average molecular weight is 455 g/mol. The second kappa shape index (κ2) is 9.16. The smallest absolute Gasteiger partial charge is 0.191 e. The molecule has 0 fully saturated rings. The number of hydrogen-bond acceptors (Lipinski definition) is 3. The zero-order valence-corrected chi connectivity index (χ0v) is 16.0. The lowest BCUT2D eigenvalue weighted by molar-refractivity contribution is 0.672. The van der Waals surface area contributed by atoms with Crippen LogP contribution in [0.5, 0.6) is 0 Å². The van der Waals surface area contributed by atoms with Crippen molar-refractivity contribution in [2.45, 2.75) is 13.1 Å². The molecule has 0 saturated heterocycles. The predicted octanol–water partition coefficient (Wildman–Crippen LogP) is 2.61. The lowest BCUT2D eigenvalue weighted by Gasteiger charge is -2.12. The van der Waals surface area contributed by atoms with Crippen LogP contribution in [-0.4, -0.2) is 27.8 Å². The van der Waals surface area contributed by atoms with Gasteiger partial charge in [0.15, 0.2) is 5.96 Å². The van der Waals surface area contributed by atoms with E-state index in [2.05, 4.69) is 25.7 Å². The minimum atomic E-state index is 0. The van der Waals surface area contributed by atoms with E-state index in [0.717, 1.165) is 11.4 Å². The van der Waals surface area contributed by atoms with Gasteiger partial charge in [0.25, 0.3) is 0 Å². The molecule has 0 aliphatic heterocycles. The second-order valence-electron chi connectivity index (χ2n) is 4.31. The van der Waals surface area contributed by atoms with Gasteiger partial charge in [-0.1, -0.05) is 29.3 Å². The van der Waals surface area contributed by atoms with Gasteiger partial charge in [-0.2, -0.15) is 5.10 Å². The van der Waals surface area contributed by atoms with Crippen LogP contribution < -0.4 is 10.6 Å². The number of rotatable bonds is 4. The summed E-state index contributed by atoms with van der Waals surface area (Å²) in [5, 5.41) is 11.6. The summed E-state index contributed by atoms with van der Waals surface area (Å²) in [4.78, 5) is 8.28. The van der Waals surface area contributed by atoms with E-state index in [9.17, 15) is 0 Å². The van der Waals surface area contributed by atoms with Crippen molar-refractivity contribution in [1.29, 1.82) is 0 Å². The largest absolute Gasteiger partial charge is 0.352 e. The Labute approximate surface area is 156 Å². The molecule has 0 unspecified atom stereocenters. The highest BCUT2D eigenvalue weighted by Crippen LogP contribution is 2.20. The summed E-state index contributed by atoms with van der Waals surface area (Å²) in [5.74, 6) is 1.48. The average Bonchev–Trinajstić information content (AvgIpc) is 2.86. The number of aryl methyl sites for hydroxylation is 1. The summed E-state index contributed by atoms with van der Waals surface area (Å²) in [6.45, 7) is 1.08. The maximum Gasteiger partial charge on any atom is 0.191 e. The number of guanidine groups is 1. The lowest BCUT2D eigenvalue weighted by Crippen LogP contribution is -2.37. The van der Waals surface area contributed by atoms with Crippen molar-refractivity contribution < 1.29 is 0 Å². The first kappa shape index (κ1) is 19.0. The zero-order valence-electron chi connectivity index (χ0n) is 12.2. The summed E-state index contributed by atoms with van der Waals surface area (Å²) < 4.78 is 1.70. The highest BCUT2D eigenvalue weighted by Gasteiger charge is 2.05. The van der Waals surface area contributed by atoms with Gasteiger partial charge in [-0.05, 0) is 17.7 Å². The fourth-order valence-corrected chi connectivity index (χ4v) is 2.18. The highest BCUT2D eigenvalue weighted by atomic mass is 127. The molecule has 0 saturated carbocycles. The van der Waals surface area contributed by atoms with Crippen LogP contribution in [0, 0.1) is 0 Å². The van der Waals surface area contributed by atoms with Gasteiger partial charge in [0.2, 0.25) is 0 Å². The molecule has 9 heteroatoms. The quantitative estimate of drug-likeness (QED) is 0.423. The summed E-state index contributed by atoms with van der Waals surface area (Å²) in [6, 6.07) is 5.41. The molecule has 0 radical (unpaired) electrons. The molecule has 2 aromatic rings. The summed E-state index contributed by atoms with van der Waals surface area (Å²) in [7, 11) is 3.54. The van der Waals surface area contributed by atoms with Gasteiger partial charge >= 0.3 is 0 Å². The van der Waals surface area contributed by atoms with Gasteiger partial charge in [0, 0.05) is 30.7 Å². The van der Waals surface area contributed by atoms with Crippen LogP contribution in [0.4, 0.5) is 0 Å². The molecule has 0 aliphatic carbocycles. The van der Waals surface area contributed by atoms with Crippen molar-refractivity contribution in [3.8, 4) is 0 Å². The molecular formula is C13H17Cl2IN6. The van der Waals surface area contributed by atoms with Crippen molar-refractivity contribution >= 4 is 53.1 Å². The van der Waals surface area contributed by atoms with Crippen LogP contribution in [0.15, 0.2) is 29.5 Å². The lowest BCUT2D eigenvalue weighted by atomic mass is 10.2. The molecule has 0 amide bonds. The number of benzene rings is 1. The Morgan fingerprint density at radius 1 is 1.27 bits per heavy atom. The van der Waals surface area contributed by atoms with Gasteiger partial charge in [-0.3, -0.25) is 9.67 Å². The van der Waals surface area contributed by atoms with Gasteiger partial charge in [0.1, 0.15) is 12.2 Å². The molecule has 0 bridgehead atoms. The number of halogens is 3. The summed E-state index contributed by atoms with van der Waals surface area (Å²) in [6.07, 6.45) is 1.51. The molecule has 120 valence electrons. The molecule has 0 atom stereocenters. The Bertz CT molecular complexity index is 643. The monoisotopic (exact) mass is 454 g/mol. The van der Waals surface area contributed by atoms with E-state index in [4.69, 9.17) is 23.2 Å². The standard InChI is InChI=1S/C13H16Cl2N6.HI/c1-16-13(18-7-12-19-8-20-21(12)2)17-6-9-3-4-10(14)5-11(9)15;/h3-5,8H,6-7H2,1-2H3,(H2,16,17,18);1H. The Kier molecular flexibility index (Phi) is 7.91. The zero-order chi connectivity index (χ0) is 15.2. The van der Waals surface area contributed by atoms with Crippen LogP contribution in [-0.2, 0) is 20.1 Å². The van der Waals surface area contributed by atoms with Gasteiger partial charge < -0.3 is 10.6 Å². The van der Waals surface area contributed by atoms with Crippen molar-refractivity contribution in [3.63, 3.8) is 0 Å². The van der Waals surface area contributed by atoms with Crippen LogP contribution in [0.1, 0.15) is 11.4 Å². The number of aromatic nitrogens is 3. The van der Waals surface area contributed by atoms with Crippen molar-refractivity contribution in [2.75, 3.05) is 7.05 Å². The Morgan fingerprint density at radius 3 is 2.59 bits per heavy atom. The molecule has 6 nitrogen and oxygen atoms in total. The molecule has 1 aromatic carbocycles. The van der Waals surface area contributed by atoms with Crippen LogP contribution >= 0.6 is 47.2 Å². The second-order valence-corrected chi connectivity index (χ2v) is 5.16. The molecule has 22 heavy (non-hydrogen) atoms. The Hall–Kier alpha value is -1.06. The first-order valence-corrected chi connectivity index (χ1v) is 7.07. The first-order chi connectivity index (χ1) is 10.1. The minimum absolute atomic E-state index is 0. The third-order valence-electron chi connectivity index (χ3n) is 2.90. The normalized spacial score (nSPS) is 11.0.